The first-order chi connectivity index (χ1) is 14.6. The van der Waals surface area contributed by atoms with Crippen molar-refractivity contribution in [2.75, 3.05) is 11.9 Å². The van der Waals surface area contributed by atoms with E-state index in [1.807, 2.05) is 42.5 Å². The Balaban J connectivity index is 0.00000231. The van der Waals surface area contributed by atoms with Crippen LogP contribution in [0.3, 0.4) is 0 Å². The van der Waals surface area contributed by atoms with Crippen molar-refractivity contribution in [3.05, 3.63) is 88.4 Å². The van der Waals surface area contributed by atoms with Crippen LogP contribution >= 0.6 is 12.4 Å². The number of nitrogens with one attached hydrogen (secondary N) is 1. The van der Waals surface area contributed by atoms with Crippen molar-refractivity contribution in [3.8, 4) is 11.1 Å². The van der Waals surface area contributed by atoms with Crippen molar-refractivity contribution in [1.82, 2.24) is 9.88 Å². The molecule has 0 unspecified atom stereocenters. The Morgan fingerprint density at radius 2 is 1.71 bits per heavy atom. The van der Waals surface area contributed by atoms with Gasteiger partial charge in [-0.15, -0.1) is 12.4 Å². The summed E-state index contributed by atoms with van der Waals surface area (Å²) in [6, 6.07) is 21.4. The fourth-order valence-electron chi connectivity index (χ4n) is 3.90. The molecule has 1 aromatic heterocycles. The third-order valence-corrected chi connectivity index (χ3v) is 5.65. The Bertz CT molecular complexity index is 1310. The predicted octanol–water partition coefficient (Wildman–Crippen LogP) is 3.95. The average Bonchev–Trinajstić information content (AvgIpc) is 3.37. The number of hydrogen-bond acceptors (Lipinski definition) is 4. The van der Waals surface area contributed by atoms with Crippen LogP contribution < -0.4 is 16.0 Å². The smallest absolute Gasteiger partial charge is 0.408 e. The zero-order valence-electron chi connectivity index (χ0n) is 17.0. The Labute approximate surface area is 185 Å². The molecule has 0 radical (unpaired) electrons. The summed E-state index contributed by atoms with van der Waals surface area (Å²) in [6.07, 6.45) is 0. The molecule has 5 rings (SSSR count). The molecule has 6 nitrogen and oxygen atoms in total. The second kappa shape index (κ2) is 8.41. The second-order valence-corrected chi connectivity index (χ2v) is 7.51. The normalized spacial score (nSPS) is 12.4. The Morgan fingerprint density at radius 3 is 2.52 bits per heavy atom. The number of halogens is 1. The molecule has 0 saturated carbocycles. The molecule has 4 aromatic rings. The minimum absolute atomic E-state index is 0. The number of amides is 1. The minimum Gasteiger partial charge on any atom is -0.408 e. The van der Waals surface area contributed by atoms with Crippen molar-refractivity contribution in [2.24, 2.45) is 0 Å². The highest BCUT2D eigenvalue weighted by Gasteiger charge is 2.18. The van der Waals surface area contributed by atoms with Crippen LogP contribution in [0.25, 0.3) is 22.2 Å². The molecule has 1 aliphatic rings. The molecule has 0 spiro atoms. The molecule has 0 fully saturated rings. The van der Waals surface area contributed by atoms with E-state index in [0.717, 1.165) is 29.9 Å². The molecule has 0 bridgehead atoms. The monoisotopic (exact) mass is 435 g/mol. The van der Waals surface area contributed by atoms with E-state index in [9.17, 15) is 9.59 Å². The highest BCUT2D eigenvalue weighted by Crippen LogP contribution is 2.28. The van der Waals surface area contributed by atoms with Gasteiger partial charge in [-0.25, -0.2) is 4.79 Å². The number of rotatable bonds is 4. The number of likely N-dealkylation sites (N-methyl/N-ethyl adjacent to an activating group) is 1. The van der Waals surface area contributed by atoms with Gasteiger partial charge in [-0.3, -0.25) is 9.36 Å². The lowest BCUT2D eigenvalue weighted by atomic mass is 10.0. The highest BCUT2D eigenvalue weighted by atomic mass is 35.5. The van der Waals surface area contributed by atoms with E-state index in [4.69, 9.17) is 4.42 Å². The fraction of sp³-hybridized carbons (Fsp3) is 0.167. The maximum Gasteiger partial charge on any atom is 0.420 e. The molecule has 7 heteroatoms. The van der Waals surface area contributed by atoms with Crippen LogP contribution in [0.1, 0.15) is 11.1 Å². The zero-order chi connectivity index (χ0) is 20.7. The lowest BCUT2D eigenvalue weighted by molar-refractivity contribution is -0.118. The maximum atomic E-state index is 12.8. The van der Waals surface area contributed by atoms with E-state index in [-0.39, 0.29) is 24.9 Å². The average molecular weight is 436 g/mol. The van der Waals surface area contributed by atoms with Gasteiger partial charge in [-0.2, -0.15) is 0 Å². The first kappa shape index (κ1) is 20.9. The van der Waals surface area contributed by atoms with E-state index in [1.165, 1.54) is 15.7 Å². The largest absolute Gasteiger partial charge is 0.420 e. The molecule has 2 heterocycles. The highest BCUT2D eigenvalue weighted by molar-refractivity contribution is 5.93. The molecule has 3 aromatic carbocycles. The van der Waals surface area contributed by atoms with Gasteiger partial charge in [-0.1, -0.05) is 36.4 Å². The number of aromatic nitrogens is 1. The summed E-state index contributed by atoms with van der Waals surface area (Å²) in [5, 5.41) is 3.35. The molecule has 1 amide bonds. The van der Waals surface area contributed by atoms with E-state index in [1.54, 1.807) is 18.0 Å². The summed E-state index contributed by atoms with van der Waals surface area (Å²) in [5.74, 6) is -0.727. The summed E-state index contributed by atoms with van der Waals surface area (Å²) in [4.78, 5) is 26.8. The van der Waals surface area contributed by atoms with Crippen molar-refractivity contribution in [2.45, 2.75) is 19.6 Å². The quantitative estimate of drug-likeness (QED) is 0.527. The molecule has 1 aliphatic heterocycles. The van der Waals surface area contributed by atoms with Crippen molar-refractivity contribution >= 4 is 35.1 Å². The number of carbonyl (C=O) groups excluding carboxylic acids is 1. The predicted molar refractivity (Wildman–Crippen MR) is 124 cm³/mol. The number of fused-ring (bicyclic) bond motifs is 2. The van der Waals surface area contributed by atoms with Crippen molar-refractivity contribution in [1.29, 1.82) is 0 Å². The minimum atomic E-state index is -0.532. The lowest BCUT2D eigenvalue weighted by Crippen LogP contribution is -2.32. The van der Waals surface area contributed by atoms with Crippen LogP contribution in [0, 0.1) is 0 Å². The Kier molecular flexibility index (Phi) is 5.67. The van der Waals surface area contributed by atoms with Gasteiger partial charge in [-0.05, 0) is 52.6 Å². The molecule has 1 N–H and O–H groups in total. The Hall–Kier alpha value is -3.35. The second-order valence-electron chi connectivity index (χ2n) is 7.51. The number of nitrogens with zero attached hydrogens (tertiary/aromatic N) is 2. The molecule has 0 saturated heterocycles. The van der Waals surface area contributed by atoms with E-state index < -0.39 is 5.76 Å². The van der Waals surface area contributed by atoms with Gasteiger partial charge in [0.1, 0.15) is 6.54 Å². The van der Waals surface area contributed by atoms with Crippen molar-refractivity contribution < 1.29 is 9.21 Å². The standard InChI is InChI=1S/C24H21N3O3.ClH/c1-26(20-5-3-2-4-6-20)23(28)15-27-21-12-17(9-10-22(21)30-24(27)29)16-7-8-18-13-25-14-19(18)11-16;/h2-12,25H,13-15H2,1H3;1H. The summed E-state index contributed by atoms with van der Waals surface area (Å²) in [5.41, 5.74) is 6.53. The number of oxazole rings is 1. The lowest BCUT2D eigenvalue weighted by Gasteiger charge is -2.17. The van der Waals surface area contributed by atoms with Crippen LogP contribution in [0.5, 0.6) is 0 Å². The molecule has 31 heavy (non-hydrogen) atoms. The van der Waals surface area contributed by atoms with Crippen LogP contribution in [0.15, 0.2) is 75.9 Å². The zero-order valence-corrected chi connectivity index (χ0v) is 17.8. The van der Waals surface area contributed by atoms with Crippen molar-refractivity contribution in [3.63, 3.8) is 0 Å². The number of benzene rings is 3. The van der Waals surface area contributed by atoms with Crippen LogP contribution in [-0.4, -0.2) is 17.5 Å². The molecule has 158 valence electrons. The van der Waals surface area contributed by atoms with Gasteiger partial charge in [0.05, 0.1) is 5.52 Å². The SMILES string of the molecule is CN(C(=O)Cn1c(=O)oc2ccc(-c3ccc4c(c3)CNC4)cc21)c1ccccc1.Cl. The van der Waals surface area contributed by atoms with Crippen LogP contribution in [-0.2, 0) is 24.4 Å². The summed E-state index contributed by atoms with van der Waals surface area (Å²) in [6.45, 7) is 1.67. The number of carbonyl (C=O) groups is 1. The first-order valence-electron chi connectivity index (χ1n) is 9.88. The Morgan fingerprint density at radius 1 is 1.00 bits per heavy atom. The number of hydrogen-bond donors (Lipinski definition) is 1. The molecule has 0 atom stereocenters. The van der Waals surface area contributed by atoms with Crippen LogP contribution in [0.2, 0.25) is 0 Å². The molecular formula is C24H22ClN3O3. The summed E-state index contributed by atoms with van der Waals surface area (Å²) < 4.78 is 6.78. The van der Waals surface area contributed by atoms with Gasteiger partial charge in [0.15, 0.2) is 5.58 Å². The molecule has 0 aliphatic carbocycles. The topological polar surface area (TPSA) is 67.5 Å². The van der Waals surface area contributed by atoms with E-state index >= 15 is 0 Å². The third kappa shape index (κ3) is 3.87. The maximum absolute atomic E-state index is 12.8. The van der Waals surface area contributed by atoms with Crippen LogP contribution in [0.4, 0.5) is 5.69 Å². The number of para-hydroxylation sites is 1. The summed E-state index contributed by atoms with van der Waals surface area (Å²) >= 11 is 0. The van der Waals surface area contributed by atoms with E-state index in [0.29, 0.717) is 11.1 Å². The van der Waals surface area contributed by atoms with Gasteiger partial charge < -0.3 is 14.6 Å². The van der Waals surface area contributed by atoms with Gasteiger partial charge in [0, 0.05) is 25.8 Å². The summed E-state index contributed by atoms with van der Waals surface area (Å²) in [7, 11) is 1.70. The number of anilines is 1. The van der Waals surface area contributed by atoms with E-state index in [2.05, 4.69) is 23.5 Å². The van der Waals surface area contributed by atoms with Gasteiger partial charge >= 0.3 is 5.76 Å². The first-order valence-corrected chi connectivity index (χ1v) is 9.88. The van der Waals surface area contributed by atoms with Gasteiger partial charge in [0.2, 0.25) is 5.91 Å². The third-order valence-electron chi connectivity index (χ3n) is 5.65. The fourth-order valence-corrected chi connectivity index (χ4v) is 3.90. The van der Waals surface area contributed by atoms with Gasteiger partial charge in [0.25, 0.3) is 0 Å². The molecular weight excluding hydrogens is 414 g/mol.